The van der Waals surface area contributed by atoms with Crippen molar-refractivity contribution in [3.8, 4) is 0 Å². The Kier molecular flexibility index (Phi) is 3.61. The van der Waals surface area contributed by atoms with Crippen LogP contribution < -0.4 is 5.73 Å². The van der Waals surface area contributed by atoms with E-state index in [9.17, 15) is 0 Å². The van der Waals surface area contributed by atoms with Crippen LogP contribution >= 0.6 is 23.2 Å². The van der Waals surface area contributed by atoms with E-state index >= 15 is 0 Å². The first-order valence-corrected chi connectivity index (χ1v) is 5.61. The van der Waals surface area contributed by atoms with Crippen LogP contribution in [0, 0.1) is 0 Å². The molecule has 1 aromatic carbocycles. The van der Waals surface area contributed by atoms with Gasteiger partial charge in [0.1, 0.15) is 5.69 Å². The fourth-order valence-electron chi connectivity index (χ4n) is 1.27. The SMILES string of the molecule is Nc1ccncc1C=Nc1c(Cl)cccc1Cl. The fraction of sp³-hybridized carbons (Fsp3) is 0. The van der Waals surface area contributed by atoms with Crippen molar-refractivity contribution in [1.29, 1.82) is 0 Å². The minimum Gasteiger partial charge on any atom is -0.398 e. The highest BCUT2D eigenvalue weighted by Gasteiger charge is 2.03. The van der Waals surface area contributed by atoms with Crippen LogP contribution in [0.1, 0.15) is 5.56 Å². The molecular formula is C12H9Cl2N3. The van der Waals surface area contributed by atoms with Gasteiger partial charge in [-0.15, -0.1) is 0 Å². The van der Waals surface area contributed by atoms with Gasteiger partial charge < -0.3 is 5.73 Å². The molecule has 5 heteroatoms. The Hall–Kier alpha value is -1.58. The molecule has 0 aliphatic heterocycles. The molecule has 2 rings (SSSR count). The maximum absolute atomic E-state index is 5.99. The van der Waals surface area contributed by atoms with E-state index in [1.807, 2.05) is 0 Å². The van der Waals surface area contributed by atoms with Crippen molar-refractivity contribution < 1.29 is 0 Å². The van der Waals surface area contributed by atoms with Gasteiger partial charge in [-0.25, -0.2) is 0 Å². The molecule has 0 saturated carbocycles. The Morgan fingerprint density at radius 1 is 1.18 bits per heavy atom. The van der Waals surface area contributed by atoms with Gasteiger partial charge >= 0.3 is 0 Å². The molecule has 3 nitrogen and oxygen atoms in total. The zero-order valence-corrected chi connectivity index (χ0v) is 10.3. The summed E-state index contributed by atoms with van der Waals surface area (Å²) in [7, 11) is 0. The van der Waals surface area contributed by atoms with E-state index in [0.717, 1.165) is 5.56 Å². The van der Waals surface area contributed by atoms with E-state index in [1.54, 1.807) is 42.9 Å². The number of hydrogen-bond donors (Lipinski definition) is 1. The Balaban J connectivity index is 2.36. The van der Waals surface area contributed by atoms with Crippen molar-refractivity contribution in [3.63, 3.8) is 0 Å². The highest BCUT2D eigenvalue weighted by Crippen LogP contribution is 2.32. The van der Waals surface area contributed by atoms with E-state index in [-0.39, 0.29) is 0 Å². The number of pyridine rings is 1. The van der Waals surface area contributed by atoms with Crippen LogP contribution in [0.4, 0.5) is 11.4 Å². The number of anilines is 1. The lowest BCUT2D eigenvalue weighted by molar-refractivity contribution is 1.32. The molecule has 0 saturated heterocycles. The van der Waals surface area contributed by atoms with E-state index in [0.29, 0.717) is 21.4 Å². The lowest BCUT2D eigenvalue weighted by Crippen LogP contribution is -1.93. The first kappa shape index (κ1) is 11.9. The maximum atomic E-state index is 5.99. The van der Waals surface area contributed by atoms with Crippen molar-refractivity contribution in [3.05, 3.63) is 52.3 Å². The van der Waals surface area contributed by atoms with Gasteiger partial charge in [0.2, 0.25) is 0 Å². The number of hydrogen-bond acceptors (Lipinski definition) is 3. The molecule has 0 atom stereocenters. The van der Waals surface area contributed by atoms with Gasteiger partial charge in [0, 0.05) is 29.9 Å². The molecule has 2 aromatic rings. The van der Waals surface area contributed by atoms with Crippen LogP contribution in [0.2, 0.25) is 10.0 Å². The van der Waals surface area contributed by atoms with E-state index in [1.165, 1.54) is 0 Å². The lowest BCUT2D eigenvalue weighted by atomic mass is 10.2. The van der Waals surface area contributed by atoms with Crippen molar-refractivity contribution in [2.24, 2.45) is 4.99 Å². The molecule has 0 unspecified atom stereocenters. The number of benzene rings is 1. The second kappa shape index (κ2) is 5.17. The van der Waals surface area contributed by atoms with Crippen LogP contribution in [-0.2, 0) is 0 Å². The molecule has 2 N–H and O–H groups in total. The molecule has 17 heavy (non-hydrogen) atoms. The number of nitrogens with zero attached hydrogens (tertiary/aromatic N) is 2. The van der Waals surface area contributed by atoms with Crippen LogP contribution in [-0.4, -0.2) is 11.2 Å². The molecule has 0 aliphatic carbocycles. The quantitative estimate of drug-likeness (QED) is 0.842. The first-order chi connectivity index (χ1) is 8.18. The number of aromatic nitrogens is 1. The second-order valence-corrected chi connectivity index (χ2v) is 4.15. The predicted molar refractivity (Wildman–Crippen MR) is 72.4 cm³/mol. The standard InChI is InChI=1S/C12H9Cl2N3/c13-9-2-1-3-10(14)12(9)17-7-8-6-16-5-4-11(8)15/h1-7H,(H2,15,16). The molecule has 0 radical (unpaired) electrons. The topological polar surface area (TPSA) is 51.3 Å². The predicted octanol–water partition coefficient (Wildman–Crippen LogP) is 3.72. The summed E-state index contributed by atoms with van der Waals surface area (Å²) in [6, 6.07) is 6.93. The third-order valence-corrected chi connectivity index (χ3v) is 2.77. The Bertz CT molecular complexity index is 547. The van der Waals surface area contributed by atoms with Gasteiger partial charge in [-0.3, -0.25) is 9.98 Å². The molecule has 1 heterocycles. The van der Waals surface area contributed by atoms with Gasteiger partial charge in [-0.1, -0.05) is 29.3 Å². The van der Waals surface area contributed by atoms with Gasteiger partial charge in [0.05, 0.1) is 10.0 Å². The van der Waals surface area contributed by atoms with Crippen LogP contribution in [0.25, 0.3) is 0 Å². The Labute approximate surface area is 109 Å². The monoisotopic (exact) mass is 265 g/mol. The fourth-order valence-corrected chi connectivity index (χ4v) is 1.77. The number of halogens is 2. The van der Waals surface area contributed by atoms with Crippen molar-refractivity contribution in [2.45, 2.75) is 0 Å². The highest BCUT2D eigenvalue weighted by molar-refractivity contribution is 6.38. The van der Waals surface area contributed by atoms with Crippen LogP contribution in [0.5, 0.6) is 0 Å². The minimum atomic E-state index is 0.496. The summed E-state index contributed by atoms with van der Waals surface area (Å²) in [6.07, 6.45) is 4.84. The summed E-state index contributed by atoms with van der Waals surface area (Å²) in [5, 5.41) is 0.993. The third-order valence-electron chi connectivity index (χ3n) is 2.16. The molecule has 86 valence electrons. The van der Waals surface area contributed by atoms with E-state index < -0.39 is 0 Å². The number of nitrogens with two attached hydrogens (primary N) is 1. The molecule has 0 spiro atoms. The smallest absolute Gasteiger partial charge is 0.100 e. The molecular weight excluding hydrogens is 257 g/mol. The highest BCUT2D eigenvalue weighted by atomic mass is 35.5. The molecule has 1 aromatic heterocycles. The summed E-state index contributed by atoms with van der Waals surface area (Å²) in [5.41, 5.74) is 7.62. The van der Waals surface area contributed by atoms with Gasteiger partial charge in [0.25, 0.3) is 0 Å². The number of nitrogen functional groups attached to an aromatic ring is 1. The number of para-hydroxylation sites is 1. The van der Waals surface area contributed by atoms with Crippen LogP contribution in [0.3, 0.4) is 0 Å². The molecule has 0 amide bonds. The lowest BCUT2D eigenvalue weighted by Gasteiger charge is -2.01. The van der Waals surface area contributed by atoms with E-state index in [4.69, 9.17) is 28.9 Å². The van der Waals surface area contributed by atoms with Gasteiger partial charge in [-0.05, 0) is 18.2 Å². The zero-order valence-electron chi connectivity index (χ0n) is 8.77. The molecule has 0 fully saturated rings. The maximum Gasteiger partial charge on any atom is 0.100 e. The second-order valence-electron chi connectivity index (χ2n) is 3.33. The van der Waals surface area contributed by atoms with Crippen molar-refractivity contribution in [1.82, 2.24) is 4.98 Å². The third kappa shape index (κ3) is 2.75. The summed E-state index contributed by atoms with van der Waals surface area (Å²) in [6.45, 7) is 0. The summed E-state index contributed by atoms with van der Waals surface area (Å²) in [5.74, 6) is 0. The summed E-state index contributed by atoms with van der Waals surface area (Å²) in [4.78, 5) is 8.19. The van der Waals surface area contributed by atoms with Crippen molar-refractivity contribution >= 4 is 40.8 Å². The average Bonchev–Trinajstić information content (AvgIpc) is 2.30. The molecule has 0 bridgehead atoms. The van der Waals surface area contributed by atoms with Crippen LogP contribution in [0.15, 0.2) is 41.7 Å². The average molecular weight is 266 g/mol. The van der Waals surface area contributed by atoms with Gasteiger partial charge in [-0.2, -0.15) is 0 Å². The minimum absolute atomic E-state index is 0.496. The normalized spacial score (nSPS) is 10.9. The summed E-state index contributed by atoms with van der Waals surface area (Å²) >= 11 is 12.0. The number of rotatable bonds is 2. The van der Waals surface area contributed by atoms with Gasteiger partial charge in [0.15, 0.2) is 0 Å². The van der Waals surface area contributed by atoms with E-state index in [2.05, 4.69) is 9.98 Å². The number of aliphatic imine (C=N–C) groups is 1. The molecule has 0 aliphatic rings. The Morgan fingerprint density at radius 3 is 2.53 bits per heavy atom. The summed E-state index contributed by atoms with van der Waals surface area (Å²) < 4.78 is 0. The van der Waals surface area contributed by atoms with Crippen molar-refractivity contribution in [2.75, 3.05) is 5.73 Å². The Morgan fingerprint density at radius 2 is 1.88 bits per heavy atom. The zero-order chi connectivity index (χ0) is 12.3. The first-order valence-electron chi connectivity index (χ1n) is 4.86. The largest absolute Gasteiger partial charge is 0.398 e.